The van der Waals surface area contributed by atoms with E-state index in [1.54, 1.807) is 13.1 Å². The Kier molecular flexibility index (Phi) is 2.69. The normalized spacial score (nSPS) is 36.9. The minimum Gasteiger partial charge on any atom is -0.370 e. The highest BCUT2D eigenvalue weighted by Gasteiger charge is 2.58. The molecule has 0 amide bonds. The Morgan fingerprint density at radius 2 is 2.26 bits per heavy atom. The molecule has 2 aliphatic rings. The van der Waals surface area contributed by atoms with Crippen molar-refractivity contribution < 1.29 is 9.47 Å². The molecule has 2 fully saturated rings. The van der Waals surface area contributed by atoms with Gasteiger partial charge in [0.2, 0.25) is 0 Å². The molecule has 0 radical (unpaired) electrons. The third kappa shape index (κ3) is 1.63. The molecule has 19 heavy (non-hydrogen) atoms. The van der Waals surface area contributed by atoms with Crippen LogP contribution in [0.25, 0.3) is 0 Å². The fourth-order valence-corrected chi connectivity index (χ4v) is 3.09. The quantitative estimate of drug-likeness (QED) is 0.848. The number of hydrogen-bond donors (Lipinski definition) is 1. The smallest absolute Gasteiger partial charge is 0.330 e. The molecule has 3 rings (SSSR count). The average molecular weight is 266 g/mol. The molecule has 1 aromatic rings. The lowest BCUT2D eigenvalue weighted by molar-refractivity contribution is -0.174. The second-order valence-electron chi connectivity index (χ2n) is 5.47. The first kappa shape index (κ1) is 12.6. The number of ether oxygens (including phenoxy) is 2. The van der Waals surface area contributed by atoms with Crippen molar-refractivity contribution in [3.05, 3.63) is 32.6 Å². The number of hydrogen-bond acceptors (Lipinski definition) is 4. The predicted molar refractivity (Wildman–Crippen MR) is 68.1 cm³/mol. The van der Waals surface area contributed by atoms with E-state index in [1.807, 2.05) is 0 Å². The topological polar surface area (TPSA) is 73.3 Å². The molecule has 1 aromatic heterocycles. The number of aryl methyl sites for hydroxylation is 1. The summed E-state index contributed by atoms with van der Waals surface area (Å²) < 4.78 is 13.3. The first-order valence-electron chi connectivity index (χ1n) is 6.60. The van der Waals surface area contributed by atoms with E-state index in [4.69, 9.17) is 9.47 Å². The van der Waals surface area contributed by atoms with Gasteiger partial charge < -0.3 is 9.47 Å². The Labute approximate surface area is 110 Å². The molecule has 104 valence electrons. The first-order chi connectivity index (χ1) is 8.98. The Morgan fingerprint density at radius 1 is 1.53 bits per heavy atom. The first-order valence-corrected chi connectivity index (χ1v) is 6.60. The van der Waals surface area contributed by atoms with Gasteiger partial charge in [-0.2, -0.15) is 0 Å². The minimum atomic E-state index is -0.452. The predicted octanol–water partition coefficient (Wildman–Crippen LogP) is 0.558. The van der Waals surface area contributed by atoms with Crippen molar-refractivity contribution in [2.75, 3.05) is 6.61 Å². The van der Waals surface area contributed by atoms with Gasteiger partial charge in [-0.25, -0.2) is 4.79 Å². The van der Waals surface area contributed by atoms with Gasteiger partial charge in [0, 0.05) is 17.7 Å². The molecule has 0 aromatic carbocycles. The van der Waals surface area contributed by atoms with E-state index in [9.17, 15) is 9.59 Å². The van der Waals surface area contributed by atoms with Gasteiger partial charge in [-0.1, -0.05) is 13.8 Å². The number of nitrogens with zero attached hydrogens (tertiary/aromatic N) is 1. The van der Waals surface area contributed by atoms with Crippen molar-refractivity contribution in [2.45, 2.75) is 45.1 Å². The van der Waals surface area contributed by atoms with E-state index in [0.29, 0.717) is 12.2 Å². The summed E-state index contributed by atoms with van der Waals surface area (Å²) in [5, 5.41) is 0. The number of H-pyrrole nitrogens is 1. The largest absolute Gasteiger partial charge is 0.370 e. The van der Waals surface area contributed by atoms with Crippen molar-refractivity contribution in [1.82, 2.24) is 9.55 Å². The number of aromatic amines is 1. The van der Waals surface area contributed by atoms with Gasteiger partial charge in [0.15, 0.2) is 6.23 Å². The second-order valence-corrected chi connectivity index (χ2v) is 5.47. The molecule has 0 spiro atoms. The molecule has 6 nitrogen and oxygen atoms in total. The molecule has 2 aliphatic heterocycles. The van der Waals surface area contributed by atoms with Crippen LogP contribution in [-0.4, -0.2) is 27.9 Å². The van der Waals surface area contributed by atoms with Crippen molar-refractivity contribution in [3.8, 4) is 0 Å². The summed E-state index contributed by atoms with van der Waals surface area (Å²) in [6, 6.07) is 0. The van der Waals surface area contributed by atoms with Crippen molar-refractivity contribution >= 4 is 0 Å². The average Bonchev–Trinajstić information content (AvgIpc) is 2.85. The van der Waals surface area contributed by atoms with Crippen LogP contribution in [0.1, 0.15) is 32.1 Å². The van der Waals surface area contributed by atoms with E-state index < -0.39 is 11.9 Å². The number of aromatic nitrogens is 2. The highest BCUT2D eigenvalue weighted by atomic mass is 16.6. The third-order valence-electron chi connectivity index (χ3n) is 4.50. The number of nitrogens with one attached hydrogen (secondary N) is 1. The van der Waals surface area contributed by atoms with Gasteiger partial charge in [0.25, 0.3) is 5.56 Å². The summed E-state index contributed by atoms with van der Waals surface area (Å²) in [5.41, 5.74) is -0.623. The van der Waals surface area contributed by atoms with Gasteiger partial charge in [-0.15, -0.1) is 0 Å². The summed E-state index contributed by atoms with van der Waals surface area (Å²) in [6.07, 6.45) is 1.80. The zero-order chi connectivity index (χ0) is 13.8. The van der Waals surface area contributed by atoms with Crippen molar-refractivity contribution in [2.24, 2.45) is 5.92 Å². The second kappa shape index (κ2) is 4.05. The molecule has 6 heteroatoms. The van der Waals surface area contributed by atoms with E-state index in [0.717, 1.165) is 6.42 Å². The highest BCUT2D eigenvalue weighted by molar-refractivity contribution is 5.07. The summed E-state index contributed by atoms with van der Waals surface area (Å²) in [7, 11) is 0. The van der Waals surface area contributed by atoms with E-state index in [-0.39, 0.29) is 23.2 Å². The van der Waals surface area contributed by atoms with Crippen LogP contribution in [0.3, 0.4) is 0 Å². The van der Waals surface area contributed by atoms with Crippen LogP contribution in [0.2, 0.25) is 0 Å². The van der Waals surface area contributed by atoms with E-state index in [1.165, 1.54) is 4.57 Å². The summed E-state index contributed by atoms with van der Waals surface area (Å²) >= 11 is 0. The fourth-order valence-electron chi connectivity index (χ4n) is 3.09. The van der Waals surface area contributed by atoms with Crippen LogP contribution in [0.15, 0.2) is 15.8 Å². The summed E-state index contributed by atoms with van der Waals surface area (Å²) in [5.74, 6) is 0.238. The maximum atomic E-state index is 11.9. The molecule has 0 saturated carbocycles. The molecule has 4 atom stereocenters. The standard InChI is InChI=1S/C13H18N2O4/c1-4-13-6-18-9(8(13)3)11(19-13)15-5-7(2)10(16)14-12(15)17/h5,8-9,11H,4,6H2,1-3H3,(H,14,16,17)/t8-,9+,11+,13-/m0/s1. The maximum Gasteiger partial charge on any atom is 0.330 e. The van der Waals surface area contributed by atoms with Crippen molar-refractivity contribution in [3.63, 3.8) is 0 Å². The van der Waals surface area contributed by atoms with Crippen LogP contribution < -0.4 is 11.2 Å². The lowest BCUT2D eigenvalue weighted by atomic mass is 9.88. The van der Waals surface area contributed by atoms with Gasteiger partial charge in [-0.3, -0.25) is 14.3 Å². The molecule has 2 bridgehead atoms. The Morgan fingerprint density at radius 3 is 2.89 bits per heavy atom. The summed E-state index contributed by atoms with van der Waals surface area (Å²) in [4.78, 5) is 25.6. The third-order valence-corrected chi connectivity index (χ3v) is 4.50. The SMILES string of the molecule is CC[C@@]12CO[C@@H]([C@H](n3cc(C)c(=O)[nH]c3=O)O1)[C@@H]2C. The van der Waals surface area contributed by atoms with Gasteiger partial charge in [-0.05, 0) is 13.3 Å². The zero-order valence-electron chi connectivity index (χ0n) is 11.3. The van der Waals surface area contributed by atoms with Gasteiger partial charge in [0.05, 0.1) is 12.2 Å². The molecule has 2 saturated heterocycles. The molecular weight excluding hydrogens is 248 g/mol. The van der Waals surface area contributed by atoms with Gasteiger partial charge >= 0.3 is 5.69 Å². The molecule has 3 heterocycles. The Hall–Kier alpha value is -1.40. The van der Waals surface area contributed by atoms with E-state index in [2.05, 4.69) is 18.8 Å². The van der Waals surface area contributed by atoms with Crippen LogP contribution in [-0.2, 0) is 9.47 Å². The summed E-state index contributed by atoms with van der Waals surface area (Å²) in [6.45, 7) is 6.39. The van der Waals surface area contributed by atoms with Crippen molar-refractivity contribution in [1.29, 1.82) is 0 Å². The Balaban J connectivity index is 2.04. The van der Waals surface area contributed by atoms with Crippen LogP contribution in [0, 0.1) is 12.8 Å². The molecule has 1 N–H and O–H groups in total. The Bertz CT molecular complexity index is 620. The minimum absolute atomic E-state index is 0.136. The lowest BCUT2D eigenvalue weighted by Crippen LogP contribution is -2.41. The van der Waals surface area contributed by atoms with Crippen LogP contribution >= 0.6 is 0 Å². The molecule has 0 unspecified atom stereocenters. The van der Waals surface area contributed by atoms with E-state index >= 15 is 0 Å². The van der Waals surface area contributed by atoms with Crippen LogP contribution in [0.4, 0.5) is 0 Å². The maximum absolute atomic E-state index is 11.9. The number of fused-ring (bicyclic) bond motifs is 2. The fraction of sp³-hybridized carbons (Fsp3) is 0.692. The number of rotatable bonds is 2. The van der Waals surface area contributed by atoms with Crippen LogP contribution in [0.5, 0.6) is 0 Å². The highest BCUT2D eigenvalue weighted by Crippen LogP contribution is 2.49. The molecular formula is C13H18N2O4. The lowest BCUT2D eigenvalue weighted by Gasteiger charge is -2.31. The zero-order valence-corrected chi connectivity index (χ0v) is 11.3. The molecule has 0 aliphatic carbocycles. The monoisotopic (exact) mass is 266 g/mol. The van der Waals surface area contributed by atoms with Gasteiger partial charge in [0.1, 0.15) is 6.10 Å².